The minimum absolute atomic E-state index is 0.0533. The monoisotopic (exact) mass is 270 g/mol. The van der Waals surface area contributed by atoms with Crippen LogP contribution in [0.2, 0.25) is 0 Å². The molecule has 5 heteroatoms. The van der Waals surface area contributed by atoms with Crippen LogP contribution in [0.3, 0.4) is 0 Å². The highest BCUT2D eigenvalue weighted by Gasteiger charge is 2.45. The first-order chi connectivity index (χ1) is 9.29. The summed E-state index contributed by atoms with van der Waals surface area (Å²) in [5.41, 5.74) is -0.460. The second-order valence-corrected chi connectivity index (χ2v) is 5.31. The second kappa shape index (κ2) is 7.22. The van der Waals surface area contributed by atoms with E-state index in [4.69, 9.17) is 9.47 Å². The first-order valence-corrected chi connectivity index (χ1v) is 7.50. The predicted octanol–water partition coefficient (Wildman–Crippen LogP) is 0.784. The zero-order valence-corrected chi connectivity index (χ0v) is 12.0. The summed E-state index contributed by atoms with van der Waals surface area (Å²) in [7, 11) is 0. The maximum atomic E-state index is 12.5. The number of hydrogen-bond acceptors (Lipinski definition) is 5. The SMILES string of the molecule is CCOC(=O)C1(N2CCCNCC2)CCCOCC1. The molecule has 0 bridgehead atoms. The lowest BCUT2D eigenvalue weighted by molar-refractivity contribution is -0.159. The molecule has 0 saturated carbocycles. The number of esters is 1. The van der Waals surface area contributed by atoms with E-state index in [1.54, 1.807) is 0 Å². The van der Waals surface area contributed by atoms with E-state index in [9.17, 15) is 4.79 Å². The van der Waals surface area contributed by atoms with E-state index in [1.165, 1.54) is 0 Å². The van der Waals surface area contributed by atoms with Gasteiger partial charge in [0, 0.05) is 32.8 Å². The molecule has 2 saturated heterocycles. The molecule has 2 rings (SSSR count). The van der Waals surface area contributed by atoms with E-state index in [0.29, 0.717) is 13.2 Å². The highest BCUT2D eigenvalue weighted by atomic mass is 16.5. The molecular weight excluding hydrogens is 244 g/mol. The van der Waals surface area contributed by atoms with Crippen LogP contribution < -0.4 is 5.32 Å². The molecule has 0 spiro atoms. The molecule has 1 atom stereocenters. The molecule has 1 unspecified atom stereocenters. The van der Waals surface area contributed by atoms with Crippen LogP contribution in [0.15, 0.2) is 0 Å². The Morgan fingerprint density at radius 3 is 3.00 bits per heavy atom. The number of carbonyl (C=O) groups excluding carboxylic acids is 1. The van der Waals surface area contributed by atoms with Crippen LogP contribution in [0.5, 0.6) is 0 Å². The third-order valence-electron chi connectivity index (χ3n) is 4.14. The van der Waals surface area contributed by atoms with Crippen molar-refractivity contribution in [1.82, 2.24) is 10.2 Å². The van der Waals surface area contributed by atoms with Gasteiger partial charge in [-0.1, -0.05) is 0 Å². The van der Waals surface area contributed by atoms with Crippen LogP contribution >= 0.6 is 0 Å². The first-order valence-electron chi connectivity index (χ1n) is 7.50. The van der Waals surface area contributed by atoms with Crippen LogP contribution in [0.4, 0.5) is 0 Å². The molecule has 0 aromatic rings. The van der Waals surface area contributed by atoms with Gasteiger partial charge in [0.15, 0.2) is 0 Å². The lowest BCUT2D eigenvalue weighted by atomic mass is 9.88. The Hall–Kier alpha value is -0.650. The smallest absolute Gasteiger partial charge is 0.326 e. The van der Waals surface area contributed by atoms with E-state index >= 15 is 0 Å². The maximum Gasteiger partial charge on any atom is 0.326 e. The number of nitrogens with one attached hydrogen (secondary N) is 1. The van der Waals surface area contributed by atoms with Crippen molar-refractivity contribution in [2.45, 2.75) is 38.1 Å². The third kappa shape index (κ3) is 3.46. The molecule has 1 N–H and O–H groups in total. The molecule has 0 aromatic carbocycles. The van der Waals surface area contributed by atoms with Gasteiger partial charge in [0.05, 0.1) is 6.61 Å². The van der Waals surface area contributed by atoms with Crippen LogP contribution in [-0.2, 0) is 14.3 Å². The van der Waals surface area contributed by atoms with Gasteiger partial charge < -0.3 is 14.8 Å². The summed E-state index contributed by atoms with van der Waals surface area (Å²) < 4.78 is 10.9. The Morgan fingerprint density at radius 1 is 1.26 bits per heavy atom. The second-order valence-electron chi connectivity index (χ2n) is 5.31. The molecule has 0 amide bonds. The van der Waals surface area contributed by atoms with Gasteiger partial charge in [-0.3, -0.25) is 9.69 Å². The van der Waals surface area contributed by atoms with E-state index < -0.39 is 5.54 Å². The van der Waals surface area contributed by atoms with Gasteiger partial charge in [-0.15, -0.1) is 0 Å². The van der Waals surface area contributed by atoms with Crippen molar-refractivity contribution < 1.29 is 14.3 Å². The molecular formula is C14H26N2O3. The molecule has 5 nitrogen and oxygen atoms in total. The normalized spacial score (nSPS) is 30.4. The summed E-state index contributed by atoms with van der Waals surface area (Å²) in [4.78, 5) is 14.9. The number of hydrogen-bond donors (Lipinski definition) is 1. The Bertz CT molecular complexity index is 280. The van der Waals surface area contributed by atoms with Crippen LogP contribution in [0.1, 0.15) is 32.6 Å². The summed E-state index contributed by atoms with van der Waals surface area (Å²) in [6, 6.07) is 0. The fraction of sp³-hybridized carbons (Fsp3) is 0.929. The van der Waals surface area contributed by atoms with E-state index in [2.05, 4.69) is 10.2 Å². The fourth-order valence-corrected chi connectivity index (χ4v) is 3.12. The Balaban J connectivity index is 2.17. The topological polar surface area (TPSA) is 50.8 Å². The summed E-state index contributed by atoms with van der Waals surface area (Å²) in [6.45, 7) is 7.60. The summed E-state index contributed by atoms with van der Waals surface area (Å²) in [6.07, 6.45) is 3.63. The summed E-state index contributed by atoms with van der Waals surface area (Å²) >= 11 is 0. The molecule has 0 aliphatic carbocycles. The first kappa shape index (κ1) is 14.8. The van der Waals surface area contributed by atoms with Crippen molar-refractivity contribution in [2.75, 3.05) is 46.0 Å². The van der Waals surface area contributed by atoms with Crippen molar-refractivity contribution in [3.8, 4) is 0 Å². The number of nitrogens with zero attached hydrogens (tertiary/aromatic N) is 1. The van der Waals surface area contributed by atoms with Gasteiger partial charge in [0.2, 0.25) is 0 Å². The Morgan fingerprint density at radius 2 is 2.16 bits per heavy atom. The minimum atomic E-state index is -0.460. The highest BCUT2D eigenvalue weighted by molar-refractivity contribution is 5.81. The van der Waals surface area contributed by atoms with Crippen molar-refractivity contribution in [3.63, 3.8) is 0 Å². The van der Waals surface area contributed by atoms with Gasteiger partial charge >= 0.3 is 5.97 Å². The lowest BCUT2D eigenvalue weighted by Crippen LogP contribution is -2.56. The quantitative estimate of drug-likeness (QED) is 0.768. The number of ether oxygens (including phenoxy) is 2. The number of rotatable bonds is 3. The molecule has 0 radical (unpaired) electrons. The van der Waals surface area contributed by atoms with Gasteiger partial charge in [-0.2, -0.15) is 0 Å². The Kier molecular flexibility index (Phi) is 5.60. The van der Waals surface area contributed by atoms with Crippen LogP contribution in [0, 0.1) is 0 Å². The molecule has 2 fully saturated rings. The zero-order valence-electron chi connectivity index (χ0n) is 12.0. The van der Waals surface area contributed by atoms with E-state index in [-0.39, 0.29) is 5.97 Å². The van der Waals surface area contributed by atoms with Crippen molar-refractivity contribution in [1.29, 1.82) is 0 Å². The van der Waals surface area contributed by atoms with Crippen molar-refractivity contribution >= 4 is 5.97 Å². The molecule has 2 heterocycles. The van der Waals surface area contributed by atoms with E-state index in [0.717, 1.165) is 58.5 Å². The predicted molar refractivity (Wildman–Crippen MR) is 73.1 cm³/mol. The van der Waals surface area contributed by atoms with Crippen molar-refractivity contribution in [3.05, 3.63) is 0 Å². The standard InChI is InChI=1S/C14H26N2O3/c1-2-19-13(17)14(5-3-11-18-12-6-14)16-9-4-7-15-8-10-16/h15H,2-12H2,1H3. The van der Waals surface area contributed by atoms with Crippen LogP contribution in [-0.4, -0.2) is 62.4 Å². The zero-order chi connectivity index (χ0) is 13.6. The van der Waals surface area contributed by atoms with Gasteiger partial charge in [0.1, 0.15) is 5.54 Å². The van der Waals surface area contributed by atoms with E-state index in [1.807, 2.05) is 6.92 Å². The lowest BCUT2D eigenvalue weighted by Gasteiger charge is -2.40. The molecule has 0 aromatic heterocycles. The third-order valence-corrected chi connectivity index (χ3v) is 4.14. The average Bonchev–Trinajstić information content (AvgIpc) is 2.82. The summed E-state index contributed by atoms with van der Waals surface area (Å²) in [5.74, 6) is -0.0533. The molecule has 2 aliphatic heterocycles. The summed E-state index contributed by atoms with van der Waals surface area (Å²) in [5, 5.41) is 3.40. The van der Waals surface area contributed by atoms with Crippen molar-refractivity contribution in [2.24, 2.45) is 0 Å². The number of carbonyl (C=O) groups is 1. The highest BCUT2D eigenvalue weighted by Crippen LogP contribution is 2.30. The van der Waals surface area contributed by atoms with Gasteiger partial charge in [-0.25, -0.2) is 0 Å². The molecule has 110 valence electrons. The maximum absolute atomic E-state index is 12.5. The molecule has 19 heavy (non-hydrogen) atoms. The van der Waals surface area contributed by atoms with Gasteiger partial charge in [-0.05, 0) is 39.2 Å². The fourth-order valence-electron chi connectivity index (χ4n) is 3.12. The minimum Gasteiger partial charge on any atom is -0.465 e. The van der Waals surface area contributed by atoms with Gasteiger partial charge in [0.25, 0.3) is 0 Å². The molecule has 2 aliphatic rings. The Labute approximate surface area is 115 Å². The van der Waals surface area contributed by atoms with Crippen LogP contribution in [0.25, 0.3) is 0 Å². The largest absolute Gasteiger partial charge is 0.465 e. The average molecular weight is 270 g/mol.